The molecule has 0 aliphatic heterocycles. The molecule has 0 aromatic heterocycles. The van der Waals surface area contributed by atoms with Crippen LogP contribution >= 0.6 is 11.6 Å². The van der Waals surface area contributed by atoms with E-state index in [4.69, 9.17) is 11.6 Å². The lowest BCUT2D eigenvalue weighted by molar-refractivity contribution is 0.480. The summed E-state index contributed by atoms with van der Waals surface area (Å²) >= 11 is 5.59. The monoisotopic (exact) mass is 103 g/mol. The predicted octanol–water partition coefficient (Wildman–Crippen LogP) is 1.84. The summed E-state index contributed by atoms with van der Waals surface area (Å²) in [4.78, 5) is 0. The van der Waals surface area contributed by atoms with Gasteiger partial charge in [0.15, 0.2) is 0 Å². The van der Waals surface area contributed by atoms with Gasteiger partial charge in [0.1, 0.15) is 0 Å². The molecule has 1 heteroatoms. The van der Waals surface area contributed by atoms with Gasteiger partial charge in [0.05, 0.1) is 0 Å². The lowest BCUT2D eigenvalue weighted by Crippen LogP contribution is -2.21. The first kappa shape index (κ1) is 4.45. The Morgan fingerprint density at radius 2 is 2.33 bits per heavy atom. The molecule has 0 nitrogen and oxygen atoms in total. The highest BCUT2D eigenvalue weighted by Crippen LogP contribution is 2.29. The normalized spacial score (nSPS) is 45.0. The van der Waals surface area contributed by atoms with Gasteiger partial charge in [-0.1, -0.05) is 6.92 Å². The van der Waals surface area contributed by atoms with Crippen molar-refractivity contribution in [1.82, 2.24) is 0 Å². The SMILES string of the molecule is CC1[CH]C(Cl)C1. The highest BCUT2D eigenvalue weighted by atomic mass is 35.5. The average Bonchev–Trinajstić information content (AvgIpc) is 1.33. The summed E-state index contributed by atoms with van der Waals surface area (Å²) in [7, 11) is 0. The first-order valence-corrected chi connectivity index (χ1v) is 2.72. The third kappa shape index (κ3) is 0.676. The molecule has 0 amide bonds. The molecule has 35 valence electrons. The minimum Gasteiger partial charge on any atom is -0.123 e. The molecular formula is C5H8Cl. The van der Waals surface area contributed by atoms with Crippen molar-refractivity contribution in [3.63, 3.8) is 0 Å². The van der Waals surface area contributed by atoms with Gasteiger partial charge in [-0.2, -0.15) is 0 Å². The molecule has 0 spiro atoms. The van der Waals surface area contributed by atoms with Gasteiger partial charge in [0.25, 0.3) is 0 Å². The fraction of sp³-hybridized carbons (Fsp3) is 0.800. The highest BCUT2D eigenvalue weighted by molar-refractivity contribution is 6.22. The molecule has 1 aliphatic rings. The van der Waals surface area contributed by atoms with Crippen molar-refractivity contribution >= 4 is 11.6 Å². The second-order valence-electron chi connectivity index (χ2n) is 1.92. The first-order chi connectivity index (χ1) is 2.79. The molecule has 1 radical (unpaired) electrons. The number of hydrogen-bond donors (Lipinski definition) is 0. The van der Waals surface area contributed by atoms with E-state index in [9.17, 15) is 0 Å². The molecule has 1 rings (SSSR count). The predicted molar refractivity (Wildman–Crippen MR) is 27.7 cm³/mol. The molecule has 2 unspecified atom stereocenters. The maximum Gasteiger partial charge on any atom is 0.0372 e. The van der Waals surface area contributed by atoms with Crippen LogP contribution in [-0.4, -0.2) is 5.38 Å². The zero-order chi connectivity index (χ0) is 4.57. The average molecular weight is 104 g/mol. The summed E-state index contributed by atoms with van der Waals surface area (Å²) < 4.78 is 0. The van der Waals surface area contributed by atoms with Gasteiger partial charge >= 0.3 is 0 Å². The molecule has 1 aliphatic carbocycles. The molecule has 0 aromatic rings. The van der Waals surface area contributed by atoms with Gasteiger partial charge in [0.2, 0.25) is 0 Å². The van der Waals surface area contributed by atoms with Crippen LogP contribution in [0.5, 0.6) is 0 Å². The summed E-state index contributed by atoms with van der Waals surface area (Å²) in [6.07, 6.45) is 3.34. The van der Waals surface area contributed by atoms with Crippen molar-refractivity contribution in [2.45, 2.75) is 18.7 Å². The second-order valence-corrected chi connectivity index (χ2v) is 2.48. The van der Waals surface area contributed by atoms with Gasteiger partial charge in [-0.05, 0) is 18.8 Å². The standard InChI is InChI=1S/C5H8Cl/c1-4-2-5(6)3-4/h2,4-5H,3H2,1H3. The smallest absolute Gasteiger partial charge is 0.0372 e. The van der Waals surface area contributed by atoms with Crippen LogP contribution in [0.4, 0.5) is 0 Å². The van der Waals surface area contributed by atoms with E-state index < -0.39 is 0 Å². The van der Waals surface area contributed by atoms with Crippen molar-refractivity contribution in [1.29, 1.82) is 0 Å². The van der Waals surface area contributed by atoms with Crippen LogP contribution in [0.3, 0.4) is 0 Å². The van der Waals surface area contributed by atoms with Gasteiger partial charge in [-0.25, -0.2) is 0 Å². The lowest BCUT2D eigenvalue weighted by Gasteiger charge is -2.26. The van der Waals surface area contributed by atoms with Crippen molar-refractivity contribution < 1.29 is 0 Å². The van der Waals surface area contributed by atoms with E-state index in [0.29, 0.717) is 5.38 Å². The van der Waals surface area contributed by atoms with E-state index >= 15 is 0 Å². The van der Waals surface area contributed by atoms with Crippen molar-refractivity contribution in [2.75, 3.05) is 0 Å². The molecule has 1 saturated carbocycles. The van der Waals surface area contributed by atoms with E-state index in [1.54, 1.807) is 0 Å². The van der Waals surface area contributed by atoms with Crippen LogP contribution < -0.4 is 0 Å². The van der Waals surface area contributed by atoms with Crippen molar-refractivity contribution in [3.05, 3.63) is 6.42 Å². The Hall–Kier alpha value is 0.290. The Morgan fingerprint density at radius 1 is 1.83 bits per heavy atom. The zero-order valence-electron chi connectivity index (χ0n) is 3.82. The van der Waals surface area contributed by atoms with Crippen LogP contribution in [-0.2, 0) is 0 Å². The summed E-state index contributed by atoms with van der Waals surface area (Å²) in [5.74, 6) is 0.785. The molecule has 1 fully saturated rings. The van der Waals surface area contributed by atoms with Gasteiger partial charge in [0, 0.05) is 5.38 Å². The molecular weight excluding hydrogens is 95.5 g/mol. The fourth-order valence-electron chi connectivity index (χ4n) is 0.673. The second kappa shape index (κ2) is 1.42. The summed E-state index contributed by atoms with van der Waals surface area (Å²) in [5.41, 5.74) is 0. The van der Waals surface area contributed by atoms with Crippen molar-refractivity contribution in [3.8, 4) is 0 Å². The van der Waals surface area contributed by atoms with E-state index in [1.165, 1.54) is 6.42 Å². The Labute approximate surface area is 43.5 Å². The molecule has 0 heterocycles. The molecule has 0 saturated heterocycles. The summed E-state index contributed by atoms with van der Waals surface area (Å²) in [5, 5.41) is 0.389. The number of rotatable bonds is 0. The minimum atomic E-state index is 0.389. The molecule has 0 N–H and O–H groups in total. The molecule has 0 bridgehead atoms. The Kier molecular flexibility index (Phi) is 1.05. The van der Waals surface area contributed by atoms with Crippen LogP contribution in [0.2, 0.25) is 0 Å². The topological polar surface area (TPSA) is 0 Å². The highest BCUT2D eigenvalue weighted by Gasteiger charge is 2.22. The number of halogens is 1. The van der Waals surface area contributed by atoms with E-state index in [2.05, 4.69) is 13.3 Å². The molecule has 0 aromatic carbocycles. The quantitative estimate of drug-likeness (QED) is 0.411. The third-order valence-electron chi connectivity index (χ3n) is 1.13. The van der Waals surface area contributed by atoms with Crippen molar-refractivity contribution in [2.24, 2.45) is 5.92 Å². The van der Waals surface area contributed by atoms with E-state index in [1.807, 2.05) is 0 Å². The summed E-state index contributed by atoms with van der Waals surface area (Å²) in [6, 6.07) is 0. The first-order valence-electron chi connectivity index (χ1n) is 2.28. The Bertz CT molecular complexity index is 39.9. The zero-order valence-corrected chi connectivity index (χ0v) is 4.57. The minimum absolute atomic E-state index is 0.389. The Balaban J connectivity index is 2.11. The Morgan fingerprint density at radius 3 is 2.33 bits per heavy atom. The van der Waals surface area contributed by atoms with Crippen LogP contribution in [0.15, 0.2) is 0 Å². The number of alkyl halides is 1. The largest absolute Gasteiger partial charge is 0.123 e. The van der Waals surface area contributed by atoms with E-state index in [-0.39, 0.29) is 0 Å². The van der Waals surface area contributed by atoms with Crippen LogP contribution in [0, 0.1) is 12.3 Å². The maximum atomic E-state index is 5.59. The van der Waals surface area contributed by atoms with Crippen LogP contribution in [0.1, 0.15) is 13.3 Å². The van der Waals surface area contributed by atoms with Gasteiger partial charge in [-0.15, -0.1) is 11.6 Å². The number of hydrogen-bond acceptors (Lipinski definition) is 0. The van der Waals surface area contributed by atoms with E-state index in [0.717, 1.165) is 5.92 Å². The third-order valence-corrected chi connectivity index (χ3v) is 1.46. The lowest BCUT2D eigenvalue weighted by atomic mass is 9.87. The van der Waals surface area contributed by atoms with Crippen LogP contribution in [0.25, 0.3) is 0 Å². The summed E-state index contributed by atoms with van der Waals surface area (Å²) in [6.45, 7) is 2.18. The maximum absolute atomic E-state index is 5.59. The molecule has 6 heavy (non-hydrogen) atoms. The van der Waals surface area contributed by atoms with Gasteiger partial charge in [-0.3, -0.25) is 0 Å². The van der Waals surface area contributed by atoms with Gasteiger partial charge < -0.3 is 0 Å². The fourth-order valence-corrected chi connectivity index (χ4v) is 1.20. The molecule has 2 atom stereocenters.